The minimum atomic E-state index is 0.189. The summed E-state index contributed by atoms with van der Waals surface area (Å²) in [6, 6.07) is 0.240. The lowest BCUT2D eigenvalue weighted by molar-refractivity contribution is -0.121. The molecular formula is C15H23N3OS. The third kappa shape index (κ3) is 2.74. The van der Waals surface area contributed by atoms with E-state index in [1.807, 2.05) is 5.38 Å². The van der Waals surface area contributed by atoms with Crippen LogP contribution in [0.4, 0.5) is 5.13 Å². The number of anilines is 1. The van der Waals surface area contributed by atoms with Gasteiger partial charge in [0.05, 0.1) is 5.69 Å². The predicted molar refractivity (Wildman–Crippen MR) is 81.8 cm³/mol. The molecule has 2 N–H and O–H groups in total. The third-order valence-corrected chi connectivity index (χ3v) is 5.56. The van der Waals surface area contributed by atoms with Crippen LogP contribution in [0, 0.1) is 17.8 Å². The van der Waals surface area contributed by atoms with Crippen LogP contribution in [0.5, 0.6) is 0 Å². The summed E-state index contributed by atoms with van der Waals surface area (Å²) in [6.07, 6.45) is 4.92. The van der Waals surface area contributed by atoms with E-state index in [9.17, 15) is 4.79 Å². The van der Waals surface area contributed by atoms with Crippen LogP contribution in [-0.4, -0.2) is 17.4 Å². The van der Waals surface area contributed by atoms with E-state index < -0.39 is 0 Å². The second kappa shape index (κ2) is 5.82. The Bertz CT molecular complexity index is 487. The van der Waals surface area contributed by atoms with Gasteiger partial charge in [-0.15, -0.1) is 11.3 Å². The number of carbonyl (C=O) groups is 1. The van der Waals surface area contributed by atoms with Gasteiger partial charge in [0.1, 0.15) is 0 Å². The van der Waals surface area contributed by atoms with Crippen molar-refractivity contribution >= 4 is 22.4 Å². The largest absolute Gasteiger partial charge is 0.309 e. The van der Waals surface area contributed by atoms with E-state index in [4.69, 9.17) is 0 Å². The van der Waals surface area contributed by atoms with Crippen LogP contribution in [0.15, 0.2) is 5.38 Å². The molecule has 0 aliphatic heterocycles. The van der Waals surface area contributed by atoms with Crippen LogP contribution < -0.4 is 10.6 Å². The molecule has 1 amide bonds. The first kappa shape index (κ1) is 14.0. The molecule has 2 aliphatic rings. The maximum Gasteiger partial charge on any atom is 0.229 e. The first-order chi connectivity index (χ1) is 9.67. The van der Waals surface area contributed by atoms with Crippen molar-refractivity contribution in [2.24, 2.45) is 17.8 Å². The molecule has 20 heavy (non-hydrogen) atoms. The number of thiazole rings is 1. The number of nitrogens with zero attached hydrogens (tertiary/aromatic N) is 1. The summed E-state index contributed by atoms with van der Waals surface area (Å²) in [6.45, 7) is 5.10. The molecule has 0 radical (unpaired) electrons. The van der Waals surface area contributed by atoms with Crippen LogP contribution >= 0.6 is 11.3 Å². The molecule has 0 spiro atoms. The molecule has 3 rings (SSSR count). The maximum absolute atomic E-state index is 12.3. The Hall–Kier alpha value is -0.940. The predicted octanol–water partition coefficient (Wildman–Crippen LogP) is 3.19. The second-order valence-corrected chi connectivity index (χ2v) is 6.99. The Kier molecular flexibility index (Phi) is 4.08. The number of fused-ring (bicyclic) bond motifs is 2. The summed E-state index contributed by atoms with van der Waals surface area (Å²) in [5.41, 5.74) is 1.01. The molecule has 2 aliphatic carbocycles. The van der Waals surface area contributed by atoms with Gasteiger partial charge in [-0.2, -0.15) is 0 Å². The van der Waals surface area contributed by atoms with Crippen molar-refractivity contribution in [2.75, 3.05) is 11.9 Å². The van der Waals surface area contributed by atoms with Crippen molar-refractivity contribution < 1.29 is 4.79 Å². The van der Waals surface area contributed by atoms with Gasteiger partial charge in [0, 0.05) is 17.3 Å². The summed E-state index contributed by atoms with van der Waals surface area (Å²) in [7, 11) is 0. The van der Waals surface area contributed by atoms with Crippen LogP contribution in [0.2, 0.25) is 0 Å². The quantitative estimate of drug-likeness (QED) is 0.876. The fraction of sp³-hybridized carbons (Fsp3) is 0.733. The minimum Gasteiger partial charge on any atom is -0.309 e. The Morgan fingerprint density at radius 3 is 3.00 bits per heavy atom. The second-order valence-electron chi connectivity index (χ2n) is 6.13. The van der Waals surface area contributed by atoms with Gasteiger partial charge in [-0.25, -0.2) is 4.98 Å². The average Bonchev–Trinajstić information content (AvgIpc) is 3.14. The monoisotopic (exact) mass is 293 g/mol. The summed E-state index contributed by atoms with van der Waals surface area (Å²) < 4.78 is 0. The third-order valence-electron chi connectivity index (χ3n) is 4.78. The van der Waals surface area contributed by atoms with Gasteiger partial charge < -0.3 is 10.6 Å². The van der Waals surface area contributed by atoms with E-state index in [-0.39, 0.29) is 17.9 Å². The number of carbonyl (C=O) groups excluding carboxylic acids is 1. The molecule has 5 heteroatoms. The van der Waals surface area contributed by atoms with Crippen molar-refractivity contribution in [3.05, 3.63) is 11.1 Å². The zero-order chi connectivity index (χ0) is 14.1. The standard InChI is InChI=1S/C15H23N3OS/c1-3-16-9(2)13-8-20-15(17-13)18-14(19)12-7-10-4-5-11(12)6-10/h8-12,16H,3-7H2,1-2H3,(H,17,18,19). The Morgan fingerprint density at radius 2 is 2.35 bits per heavy atom. The molecule has 0 aromatic carbocycles. The van der Waals surface area contributed by atoms with E-state index in [0.717, 1.165) is 29.7 Å². The number of aromatic nitrogens is 1. The Balaban J connectivity index is 1.59. The van der Waals surface area contributed by atoms with Crippen LogP contribution in [0.1, 0.15) is 51.3 Å². The summed E-state index contributed by atoms with van der Waals surface area (Å²) in [5.74, 6) is 1.85. The van der Waals surface area contributed by atoms with E-state index in [1.54, 1.807) is 0 Å². The molecule has 110 valence electrons. The highest BCUT2D eigenvalue weighted by molar-refractivity contribution is 7.13. The first-order valence-electron chi connectivity index (χ1n) is 7.67. The van der Waals surface area contributed by atoms with Gasteiger partial charge in [0.15, 0.2) is 5.13 Å². The van der Waals surface area contributed by atoms with Gasteiger partial charge in [-0.3, -0.25) is 4.79 Å². The number of amides is 1. The van der Waals surface area contributed by atoms with E-state index in [1.165, 1.54) is 30.6 Å². The Morgan fingerprint density at radius 1 is 1.50 bits per heavy atom. The van der Waals surface area contributed by atoms with E-state index >= 15 is 0 Å². The molecule has 4 nitrogen and oxygen atoms in total. The molecule has 4 atom stereocenters. The van der Waals surface area contributed by atoms with E-state index in [0.29, 0.717) is 5.92 Å². The number of hydrogen-bond donors (Lipinski definition) is 2. The van der Waals surface area contributed by atoms with Gasteiger partial charge >= 0.3 is 0 Å². The summed E-state index contributed by atoms with van der Waals surface area (Å²) >= 11 is 1.53. The highest BCUT2D eigenvalue weighted by Gasteiger charge is 2.43. The maximum atomic E-state index is 12.3. The summed E-state index contributed by atoms with van der Waals surface area (Å²) in [5, 5.41) is 9.14. The molecular weight excluding hydrogens is 270 g/mol. The van der Waals surface area contributed by atoms with Crippen molar-refractivity contribution in [3.63, 3.8) is 0 Å². The lowest BCUT2D eigenvalue weighted by atomic mass is 9.88. The average molecular weight is 293 g/mol. The SMILES string of the molecule is CCNC(C)c1csc(NC(=O)C2CC3CCC2C3)n1. The molecule has 2 saturated carbocycles. The van der Waals surface area contributed by atoms with Crippen LogP contribution in [0.25, 0.3) is 0 Å². The highest BCUT2D eigenvalue weighted by atomic mass is 32.1. The number of hydrogen-bond acceptors (Lipinski definition) is 4. The zero-order valence-electron chi connectivity index (χ0n) is 12.2. The number of nitrogens with one attached hydrogen (secondary N) is 2. The fourth-order valence-electron chi connectivity index (χ4n) is 3.72. The van der Waals surface area contributed by atoms with Crippen molar-refractivity contribution in [2.45, 2.75) is 45.6 Å². The van der Waals surface area contributed by atoms with Crippen molar-refractivity contribution in [1.82, 2.24) is 10.3 Å². The molecule has 2 bridgehead atoms. The molecule has 1 heterocycles. The fourth-order valence-corrected chi connectivity index (χ4v) is 4.52. The topological polar surface area (TPSA) is 54.0 Å². The van der Waals surface area contributed by atoms with Gasteiger partial charge in [-0.1, -0.05) is 13.3 Å². The molecule has 1 aromatic heterocycles. The normalized spacial score (nSPS) is 29.6. The lowest BCUT2D eigenvalue weighted by Gasteiger charge is -2.19. The van der Waals surface area contributed by atoms with Crippen molar-refractivity contribution in [1.29, 1.82) is 0 Å². The van der Waals surface area contributed by atoms with Gasteiger partial charge in [0.2, 0.25) is 5.91 Å². The molecule has 1 aromatic rings. The van der Waals surface area contributed by atoms with Crippen LogP contribution in [0.3, 0.4) is 0 Å². The Labute approximate surface area is 124 Å². The number of rotatable bonds is 5. The van der Waals surface area contributed by atoms with E-state index in [2.05, 4.69) is 29.5 Å². The summed E-state index contributed by atoms with van der Waals surface area (Å²) in [4.78, 5) is 16.9. The smallest absolute Gasteiger partial charge is 0.229 e. The van der Waals surface area contributed by atoms with Gasteiger partial charge in [-0.05, 0) is 44.6 Å². The highest BCUT2D eigenvalue weighted by Crippen LogP contribution is 2.48. The lowest BCUT2D eigenvalue weighted by Crippen LogP contribution is -2.27. The molecule has 0 saturated heterocycles. The van der Waals surface area contributed by atoms with Crippen LogP contribution in [-0.2, 0) is 4.79 Å². The minimum absolute atomic E-state index is 0.189. The zero-order valence-corrected chi connectivity index (χ0v) is 13.0. The molecule has 2 fully saturated rings. The van der Waals surface area contributed by atoms with Crippen molar-refractivity contribution in [3.8, 4) is 0 Å². The van der Waals surface area contributed by atoms with Gasteiger partial charge in [0.25, 0.3) is 0 Å². The first-order valence-corrected chi connectivity index (χ1v) is 8.55. The molecule has 4 unspecified atom stereocenters.